The topological polar surface area (TPSA) is 199 Å². The number of aliphatic hydroxyl groups is 5. The van der Waals surface area contributed by atoms with Gasteiger partial charge >= 0.3 is 11.9 Å². The Balaban J connectivity index is 0.000000349. The molecule has 188 valence electrons. The van der Waals surface area contributed by atoms with E-state index < -0.39 is 42.0 Å². The van der Waals surface area contributed by atoms with Gasteiger partial charge in [0.25, 0.3) is 0 Å². The van der Waals surface area contributed by atoms with Crippen molar-refractivity contribution in [2.75, 3.05) is 20.6 Å². The lowest BCUT2D eigenvalue weighted by molar-refractivity contribution is -0.172. The molecule has 1 aliphatic rings. The highest BCUT2D eigenvalue weighted by atomic mass is 16.4. The summed E-state index contributed by atoms with van der Waals surface area (Å²) in [5, 5.41) is 71.9. The molecule has 0 amide bonds. The lowest BCUT2D eigenvalue weighted by atomic mass is 9.72. The maximum Gasteiger partial charge on any atom is 0.335 e. The molecule has 0 heterocycles. The van der Waals surface area contributed by atoms with E-state index in [0.29, 0.717) is 0 Å². The normalized spacial score (nSPS) is 20.0. The van der Waals surface area contributed by atoms with E-state index in [9.17, 15) is 19.8 Å². The quantitative estimate of drug-likeness (QED) is 0.226. The van der Waals surface area contributed by atoms with E-state index in [1.807, 2.05) is 26.2 Å². The van der Waals surface area contributed by atoms with Gasteiger partial charge < -0.3 is 45.8 Å². The molecule has 0 saturated heterocycles. The lowest BCUT2D eigenvalue weighted by Gasteiger charge is -2.40. The van der Waals surface area contributed by atoms with Crippen LogP contribution in [-0.4, -0.2) is 108 Å². The Bertz CT molecular complexity index is 724. The van der Waals surface area contributed by atoms with E-state index in [-0.39, 0.29) is 11.7 Å². The van der Waals surface area contributed by atoms with E-state index in [1.54, 1.807) is 12.1 Å². The van der Waals surface area contributed by atoms with Crippen LogP contribution in [0.2, 0.25) is 0 Å². The molecule has 1 aromatic rings. The third kappa shape index (κ3) is 8.54. The van der Waals surface area contributed by atoms with Gasteiger partial charge in [0.1, 0.15) is 18.0 Å². The van der Waals surface area contributed by atoms with Crippen LogP contribution in [0.1, 0.15) is 43.6 Å². The molecule has 0 spiro atoms. The van der Waals surface area contributed by atoms with Gasteiger partial charge in [-0.25, -0.2) is 9.59 Å². The average Bonchev–Trinajstić information content (AvgIpc) is 2.76. The van der Waals surface area contributed by atoms with Crippen LogP contribution >= 0.6 is 0 Å². The van der Waals surface area contributed by atoms with Crippen LogP contribution in [0.4, 0.5) is 0 Å². The molecule has 1 fully saturated rings. The maximum atomic E-state index is 11.0. The molecule has 33 heavy (non-hydrogen) atoms. The van der Waals surface area contributed by atoms with Crippen molar-refractivity contribution >= 4 is 11.9 Å². The van der Waals surface area contributed by atoms with Crippen molar-refractivity contribution < 1.29 is 50.4 Å². The molecule has 1 saturated carbocycles. The first-order chi connectivity index (χ1) is 15.3. The molecule has 2 rings (SSSR count). The number of rotatable bonds is 9. The SMILES string of the molecule is CN(C)CC(c1ccc(O)cc1)C1(O)CCCCC1.O=C(O)C(O)C(O)C(O)C(O)C(=O)O. The fraction of sp³-hybridized carbons (Fsp3) is 0.636. The molecule has 0 aromatic heterocycles. The maximum absolute atomic E-state index is 11.0. The van der Waals surface area contributed by atoms with Crippen LogP contribution in [0.3, 0.4) is 0 Å². The summed E-state index contributed by atoms with van der Waals surface area (Å²) < 4.78 is 0. The summed E-state index contributed by atoms with van der Waals surface area (Å²) in [5.41, 5.74) is 0.523. The number of carboxylic acids is 2. The van der Waals surface area contributed by atoms with E-state index in [4.69, 9.17) is 30.6 Å². The van der Waals surface area contributed by atoms with Crippen LogP contribution in [0.25, 0.3) is 0 Å². The number of likely N-dealkylation sites (N-methyl/N-ethyl adjacent to an activating group) is 1. The lowest BCUT2D eigenvalue weighted by Crippen LogP contribution is -2.49. The van der Waals surface area contributed by atoms with Crippen LogP contribution in [0.5, 0.6) is 5.75 Å². The summed E-state index contributed by atoms with van der Waals surface area (Å²) in [5.74, 6) is -3.28. The predicted octanol–water partition coefficient (Wildman–Crippen LogP) is -0.668. The Kier molecular flexibility index (Phi) is 11.2. The van der Waals surface area contributed by atoms with Crippen molar-refractivity contribution in [2.45, 2.75) is 68.0 Å². The van der Waals surface area contributed by atoms with E-state index in [2.05, 4.69) is 4.90 Å². The molecule has 11 nitrogen and oxygen atoms in total. The number of phenolic OH excluding ortho intramolecular Hbond substituents is 1. The van der Waals surface area contributed by atoms with Gasteiger partial charge in [0.2, 0.25) is 0 Å². The van der Waals surface area contributed by atoms with Crippen molar-refractivity contribution in [3.05, 3.63) is 29.8 Å². The largest absolute Gasteiger partial charge is 0.508 e. The number of hydrogen-bond acceptors (Lipinski definition) is 9. The Hall–Kier alpha value is -2.28. The molecule has 1 aromatic carbocycles. The number of phenols is 1. The van der Waals surface area contributed by atoms with E-state index >= 15 is 0 Å². The van der Waals surface area contributed by atoms with Gasteiger partial charge in [0.05, 0.1) is 5.60 Å². The van der Waals surface area contributed by atoms with Crippen molar-refractivity contribution in [1.29, 1.82) is 0 Å². The smallest absolute Gasteiger partial charge is 0.335 e. The molecular weight excluding hydrogens is 438 g/mol. The minimum atomic E-state index is -2.36. The predicted molar refractivity (Wildman–Crippen MR) is 117 cm³/mol. The minimum Gasteiger partial charge on any atom is -0.508 e. The second-order valence-corrected chi connectivity index (χ2v) is 8.62. The summed E-state index contributed by atoms with van der Waals surface area (Å²) >= 11 is 0. The van der Waals surface area contributed by atoms with Gasteiger partial charge in [-0.2, -0.15) is 0 Å². The number of carbonyl (C=O) groups is 2. The molecule has 0 aliphatic heterocycles. The van der Waals surface area contributed by atoms with Gasteiger partial charge in [0.15, 0.2) is 12.2 Å². The highest BCUT2D eigenvalue weighted by Crippen LogP contribution is 2.40. The second kappa shape index (κ2) is 12.8. The fourth-order valence-corrected chi connectivity index (χ4v) is 3.84. The van der Waals surface area contributed by atoms with E-state index in [0.717, 1.165) is 37.8 Å². The van der Waals surface area contributed by atoms with Crippen LogP contribution in [0, 0.1) is 0 Å². The van der Waals surface area contributed by atoms with Gasteiger partial charge in [-0.15, -0.1) is 0 Å². The first-order valence-corrected chi connectivity index (χ1v) is 10.6. The molecule has 0 bridgehead atoms. The third-order valence-electron chi connectivity index (χ3n) is 5.71. The number of nitrogens with zero attached hydrogens (tertiary/aromatic N) is 1. The Morgan fingerprint density at radius 3 is 1.67 bits per heavy atom. The number of benzene rings is 1. The number of aliphatic hydroxyl groups excluding tert-OH is 4. The summed E-state index contributed by atoms with van der Waals surface area (Å²) in [4.78, 5) is 22.3. The highest BCUT2D eigenvalue weighted by Gasteiger charge is 2.39. The number of hydrogen-bond donors (Lipinski definition) is 8. The molecule has 8 N–H and O–H groups in total. The average molecular weight is 474 g/mol. The molecular formula is C22H35NO10. The number of carboxylic acid groups (broad SMARTS) is 2. The summed E-state index contributed by atoms with van der Waals surface area (Å²) in [6.45, 7) is 0.835. The minimum absolute atomic E-state index is 0.114. The van der Waals surface area contributed by atoms with Gasteiger partial charge in [-0.05, 0) is 44.6 Å². The molecule has 5 unspecified atom stereocenters. The third-order valence-corrected chi connectivity index (χ3v) is 5.71. The summed E-state index contributed by atoms with van der Waals surface area (Å²) in [7, 11) is 4.08. The second-order valence-electron chi connectivity index (χ2n) is 8.62. The Labute approximate surface area is 192 Å². The highest BCUT2D eigenvalue weighted by molar-refractivity contribution is 5.75. The van der Waals surface area contributed by atoms with Gasteiger partial charge in [0, 0.05) is 12.5 Å². The Morgan fingerprint density at radius 2 is 1.30 bits per heavy atom. The molecule has 5 atom stereocenters. The zero-order valence-electron chi connectivity index (χ0n) is 18.8. The molecule has 11 heteroatoms. The molecule has 0 radical (unpaired) electrons. The van der Waals surface area contributed by atoms with Crippen molar-refractivity contribution in [3.63, 3.8) is 0 Å². The summed E-state index contributed by atoms with van der Waals surface area (Å²) in [6.07, 6.45) is -4.07. The first-order valence-electron chi connectivity index (χ1n) is 10.6. The first kappa shape index (κ1) is 28.8. The van der Waals surface area contributed by atoms with Crippen LogP contribution in [-0.2, 0) is 9.59 Å². The van der Waals surface area contributed by atoms with Gasteiger partial charge in [-0.3, -0.25) is 0 Å². The monoisotopic (exact) mass is 473 g/mol. The molecule has 1 aliphatic carbocycles. The van der Waals surface area contributed by atoms with E-state index in [1.165, 1.54) is 6.42 Å². The fourth-order valence-electron chi connectivity index (χ4n) is 3.84. The van der Waals surface area contributed by atoms with Crippen molar-refractivity contribution in [2.24, 2.45) is 0 Å². The standard InChI is InChI=1S/C16H25NO2.C6H10O8/c1-17(2)12-15(13-6-8-14(18)9-7-13)16(19)10-4-3-5-11-16;7-1(3(9)5(11)12)2(8)4(10)6(13)14/h6-9,15,18-19H,3-5,10-12H2,1-2H3;1-4,7-10H,(H,11,12)(H,13,14). The zero-order valence-corrected chi connectivity index (χ0v) is 18.8. The van der Waals surface area contributed by atoms with Crippen LogP contribution in [0.15, 0.2) is 24.3 Å². The number of aliphatic carboxylic acids is 2. The zero-order chi connectivity index (χ0) is 25.3. The summed E-state index contributed by atoms with van der Waals surface area (Å²) in [6, 6.07) is 7.31. The Morgan fingerprint density at radius 1 is 0.879 bits per heavy atom. The van der Waals surface area contributed by atoms with Crippen LogP contribution < -0.4 is 0 Å². The van der Waals surface area contributed by atoms with Gasteiger partial charge in [-0.1, -0.05) is 31.4 Å². The van der Waals surface area contributed by atoms with Crippen molar-refractivity contribution in [1.82, 2.24) is 4.90 Å². The number of aromatic hydroxyl groups is 1. The van der Waals surface area contributed by atoms with Crippen molar-refractivity contribution in [3.8, 4) is 5.75 Å².